The fourth-order valence-corrected chi connectivity index (χ4v) is 6.79. The van der Waals surface area contributed by atoms with E-state index in [0.717, 1.165) is 10.8 Å². The van der Waals surface area contributed by atoms with Crippen LogP contribution in [0.2, 0.25) is 0 Å². The minimum Gasteiger partial charge on any atom is -0.465 e. The monoisotopic (exact) mass is 525 g/mol. The van der Waals surface area contributed by atoms with Gasteiger partial charge in [0.1, 0.15) is 12.1 Å². The number of amides is 3. The molecule has 0 saturated carbocycles. The summed E-state index contributed by atoms with van der Waals surface area (Å²) in [6.07, 6.45) is 0.610. The number of hydrogen-bond acceptors (Lipinski definition) is 6. The van der Waals surface area contributed by atoms with Crippen LogP contribution in [0.4, 0.5) is 11.4 Å². The Morgan fingerprint density at radius 1 is 0.949 bits per heavy atom. The van der Waals surface area contributed by atoms with Gasteiger partial charge >= 0.3 is 5.97 Å². The van der Waals surface area contributed by atoms with E-state index >= 15 is 0 Å². The van der Waals surface area contributed by atoms with Gasteiger partial charge in [0.25, 0.3) is 5.91 Å². The number of carbonyl (C=O) groups is 4. The molecule has 2 fully saturated rings. The van der Waals surface area contributed by atoms with Gasteiger partial charge in [0.05, 0.1) is 24.1 Å². The molecule has 3 aliphatic heterocycles. The van der Waals surface area contributed by atoms with Gasteiger partial charge in [-0.15, -0.1) is 0 Å². The Labute approximate surface area is 226 Å². The Morgan fingerprint density at radius 2 is 1.64 bits per heavy atom. The topological polar surface area (TPSA) is 96.0 Å². The number of rotatable bonds is 6. The molecule has 4 atom stereocenters. The standard InChI is InChI=1S/C31H31N3O5/c1-4-39-25(35)17-33-24-14-8-7-13-21(24)31(30(33)38)27-26(22(32-31)16-18(2)3)28(36)34(29(27)37)23-15-9-11-19-10-5-6-12-20(19)23/h5-15,18,22,26-27,32H,4,16-17H2,1-3H3/t22-,26+,27+,31-/m0/s1. The first-order valence-corrected chi connectivity index (χ1v) is 13.5. The van der Waals surface area contributed by atoms with Crippen LogP contribution in [0.1, 0.15) is 32.8 Å². The minimum atomic E-state index is -1.46. The molecule has 3 aromatic rings. The van der Waals surface area contributed by atoms with E-state index in [9.17, 15) is 19.2 Å². The maximum atomic E-state index is 14.4. The Bertz CT molecular complexity index is 1510. The van der Waals surface area contributed by atoms with Crippen molar-refractivity contribution in [1.29, 1.82) is 0 Å². The van der Waals surface area contributed by atoms with E-state index in [1.165, 1.54) is 9.80 Å². The first-order valence-electron chi connectivity index (χ1n) is 13.5. The zero-order valence-electron chi connectivity index (χ0n) is 22.2. The molecule has 8 nitrogen and oxygen atoms in total. The molecular weight excluding hydrogens is 494 g/mol. The van der Waals surface area contributed by atoms with Crippen molar-refractivity contribution in [2.24, 2.45) is 17.8 Å². The molecule has 3 aliphatic rings. The van der Waals surface area contributed by atoms with Gasteiger partial charge in [0, 0.05) is 22.7 Å². The van der Waals surface area contributed by atoms with Crippen LogP contribution < -0.4 is 15.1 Å². The second-order valence-electron chi connectivity index (χ2n) is 10.9. The van der Waals surface area contributed by atoms with E-state index in [4.69, 9.17) is 4.74 Å². The molecule has 0 radical (unpaired) electrons. The van der Waals surface area contributed by atoms with Crippen molar-refractivity contribution >= 4 is 45.8 Å². The summed E-state index contributed by atoms with van der Waals surface area (Å²) in [7, 11) is 0. The van der Waals surface area contributed by atoms with E-state index in [2.05, 4.69) is 19.2 Å². The highest BCUT2D eigenvalue weighted by Gasteiger charge is 2.71. The molecule has 3 amide bonds. The second kappa shape index (κ2) is 9.31. The Hall–Kier alpha value is -4.04. The van der Waals surface area contributed by atoms with Crippen molar-refractivity contribution in [3.63, 3.8) is 0 Å². The van der Waals surface area contributed by atoms with Crippen LogP contribution in [-0.4, -0.2) is 42.9 Å². The predicted octanol–water partition coefficient (Wildman–Crippen LogP) is 3.77. The molecule has 2 saturated heterocycles. The van der Waals surface area contributed by atoms with Crippen molar-refractivity contribution in [2.75, 3.05) is 23.0 Å². The third kappa shape index (κ3) is 3.61. The Balaban J connectivity index is 1.51. The maximum absolute atomic E-state index is 14.4. The molecule has 8 heteroatoms. The van der Waals surface area contributed by atoms with Crippen molar-refractivity contribution in [3.05, 3.63) is 72.3 Å². The zero-order chi connectivity index (χ0) is 27.5. The van der Waals surface area contributed by atoms with E-state index in [0.29, 0.717) is 23.4 Å². The molecule has 0 aliphatic carbocycles. The lowest BCUT2D eigenvalue weighted by Crippen LogP contribution is -2.55. The summed E-state index contributed by atoms with van der Waals surface area (Å²) in [5, 5.41) is 5.22. The molecule has 3 aromatic carbocycles. The van der Waals surface area contributed by atoms with Crippen LogP contribution in [0.3, 0.4) is 0 Å². The highest BCUT2D eigenvalue weighted by atomic mass is 16.5. The summed E-state index contributed by atoms with van der Waals surface area (Å²) in [5.74, 6) is -3.09. The summed E-state index contributed by atoms with van der Waals surface area (Å²) in [4.78, 5) is 58.2. The third-order valence-corrected chi connectivity index (χ3v) is 8.19. The van der Waals surface area contributed by atoms with Crippen LogP contribution in [0, 0.1) is 17.8 Å². The van der Waals surface area contributed by atoms with Gasteiger partial charge in [-0.05, 0) is 36.8 Å². The van der Waals surface area contributed by atoms with Gasteiger partial charge in [-0.25, -0.2) is 4.90 Å². The van der Waals surface area contributed by atoms with Crippen LogP contribution in [0.25, 0.3) is 10.8 Å². The van der Waals surface area contributed by atoms with Crippen molar-refractivity contribution < 1.29 is 23.9 Å². The van der Waals surface area contributed by atoms with Crippen molar-refractivity contribution in [3.8, 4) is 0 Å². The predicted molar refractivity (Wildman–Crippen MR) is 147 cm³/mol. The average Bonchev–Trinajstić information content (AvgIpc) is 3.47. The molecule has 200 valence electrons. The molecule has 6 rings (SSSR count). The third-order valence-electron chi connectivity index (χ3n) is 8.19. The number of para-hydroxylation sites is 1. The van der Waals surface area contributed by atoms with Crippen LogP contribution in [0.5, 0.6) is 0 Å². The lowest BCUT2D eigenvalue weighted by molar-refractivity contribution is -0.142. The quantitative estimate of drug-likeness (QED) is 0.389. The summed E-state index contributed by atoms with van der Waals surface area (Å²) >= 11 is 0. The molecule has 0 bridgehead atoms. The van der Waals surface area contributed by atoms with E-state index < -0.39 is 41.2 Å². The van der Waals surface area contributed by atoms with Gasteiger partial charge in [-0.1, -0.05) is 68.4 Å². The van der Waals surface area contributed by atoms with Gasteiger partial charge in [0.15, 0.2) is 0 Å². The molecule has 3 heterocycles. The van der Waals surface area contributed by atoms with Crippen LogP contribution in [-0.2, 0) is 29.5 Å². The number of imide groups is 1. The van der Waals surface area contributed by atoms with E-state index in [1.807, 2.05) is 48.5 Å². The van der Waals surface area contributed by atoms with Crippen LogP contribution in [0.15, 0.2) is 66.7 Å². The van der Waals surface area contributed by atoms with Gasteiger partial charge in [0.2, 0.25) is 11.8 Å². The summed E-state index contributed by atoms with van der Waals surface area (Å²) in [6.45, 7) is 5.75. The highest BCUT2D eigenvalue weighted by Crippen LogP contribution is 2.56. The number of esters is 1. The number of benzene rings is 3. The Kier molecular flexibility index (Phi) is 6.03. The number of fused-ring (bicyclic) bond motifs is 5. The molecule has 1 N–H and O–H groups in total. The first-order chi connectivity index (χ1) is 18.8. The lowest BCUT2D eigenvalue weighted by Gasteiger charge is -2.31. The normalized spacial score (nSPS) is 25.7. The second-order valence-corrected chi connectivity index (χ2v) is 10.9. The highest BCUT2D eigenvalue weighted by molar-refractivity contribution is 6.28. The maximum Gasteiger partial charge on any atom is 0.326 e. The minimum absolute atomic E-state index is 0.194. The van der Waals surface area contributed by atoms with Crippen LogP contribution >= 0.6 is 0 Å². The molecular formula is C31H31N3O5. The number of ether oxygens (including phenoxy) is 1. The first kappa shape index (κ1) is 25.2. The summed E-state index contributed by atoms with van der Waals surface area (Å²) < 4.78 is 5.15. The number of hydrogen-bond donors (Lipinski definition) is 1. The van der Waals surface area contributed by atoms with E-state index in [-0.39, 0.29) is 25.0 Å². The van der Waals surface area contributed by atoms with E-state index in [1.54, 1.807) is 25.1 Å². The largest absolute Gasteiger partial charge is 0.465 e. The average molecular weight is 526 g/mol. The Morgan fingerprint density at radius 3 is 2.41 bits per heavy atom. The summed E-state index contributed by atoms with van der Waals surface area (Å²) in [5.41, 5.74) is 0.231. The molecule has 0 unspecified atom stereocenters. The fourth-order valence-electron chi connectivity index (χ4n) is 6.79. The summed E-state index contributed by atoms with van der Waals surface area (Å²) in [6, 6.07) is 20.0. The lowest BCUT2D eigenvalue weighted by atomic mass is 9.76. The smallest absolute Gasteiger partial charge is 0.326 e. The van der Waals surface area contributed by atoms with Gasteiger partial charge < -0.3 is 4.74 Å². The van der Waals surface area contributed by atoms with Crippen molar-refractivity contribution in [1.82, 2.24) is 5.32 Å². The number of nitrogens with zero attached hydrogens (tertiary/aromatic N) is 2. The van der Waals surface area contributed by atoms with Gasteiger partial charge in [-0.2, -0.15) is 0 Å². The number of nitrogens with one attached hydrogen (secondary N) is 1. The molecule has 0 aromatic heterocycles. The SMILES string of the molecule is CCOC(=O)CN1C(=O)[C@]2(N[C@@H](CC(C)C)[C@H]3C(=O)N(c4cccc5ccccc45)C(=O)[C@@H]32)c2ccccc21. The fraction of sp³-hybridized carbons (Fsp3) is 0.355. The van der Waals surface area contributed by atoms with Crippen molar-refractivity contribution in [2.45, 2.75) is 38.8 Å². The number of anilines is 2. The van der Waals surface area contributed by atoms with Gasteiger partial charge in [-0.3, -0.25) is 29.4 Å². The number of carbonyl (C=O) groups excluding carboxylic acids is 4. The molecule has 1 spiro atoms. The molecule has 39 heavy (non-hydrogen) atoms. The zero-order valence-corrected chi connectivity index (χ0v) is 22.2.